The number of hydrogen-bond donors (Lipinski definition) is 1. The van der Waals surface area contributed by atoms with Crippen molar-refractivity contribution in [2.24, 2.45) is 0 Å². The van der Waals surface area contributed by atoms with E-state index < -0.39 is 10.0 Å². The van der Waals surface area contributed by atoms with Crippen LogP contribution in [0.15, 0.2) is 23.1 Å². The SMILES string of the molecule is CCN(CC)S(=O)(=O)c1ccc(C)c(C(=O)N2CCNCC2C)c1.Cl. The molecule has 1 atom stereocenters. The molecule has 25 heavy (non-hydrogen) atoms. The molecule has 0 aliphatic carbocycles. The fourth-order valence-corrected chi connectivity index (χ4v) is 4.49. The predicted octanol–water partition coefficient (Wildman–Crippen LogP) is 1.88. The van der Waals surface area contributed by atoms with Gasteiger partial charge in [-0.2, -0.15) is 4.31 Å². The largest absolute Gasteiger partial charge is 0.333 e. The highest BCUT2D eigenvalue weighted by atomic mass is 35.5. The fraction of sp³-hybridized carbons (Fsp3) is 0.588. The summed E-state index contributed by atoms with van der Waals surface area (Å²) < 4.78 is 26.8. The molecule has 1 N–H and O–H groups in total. The number of nitrogens with one attached hydrogen (secondary N) is 1. The van der Waals surface area contributed by atoms with Crippen molar-refractivity contribution in [3.63, 3.8) is 0 Å². The lowest BCUT2D eigenvalue weighted by molar-refractivity contribution is 0.0654. The van der Waals surface area contributed by atoms with Crippen LogP contribution in [0.5, 0.6) is 0 Å². The van der Waals surface area contributed by atoms with Crippen LogP contribution in [-0.2, 0) is 10.0 Å². The monoisotopic (exact) mass is 389 g/mol. The van der Waals surface area contributed by atoms with E-state index in [1.54, 1.807) is 12.1 Å². The molecule has 1 unspecified atom stereocenters. The molecule has 1 aliphatic heterocycles. The summed E-state index contributed by atoms with van der Waals surface area (Å²) in [5.74, 6) is -0.0990. The van der Waals surface area contributed by atoms with Gasteiger partial charge in [0.1, 0.15) is 0 Å². The second-order valence-corrected chi connectivity index (χ2v) is 8.06. The predicted molar refractivity (Wildman–Crippen MR) is 102 cm³/mol. The van der Waals surface area contributed by atoms with Crippen LogP contribution >= 0.6 is 12.4 Å². The van der Waals surface area contributed by atoms with Crippen molar-refractivity contribution in [1.82, 2.24) is 14.5 Å². The van der Waals surface area contributed by atoms with Crippen LogP contribution < -0.4 is 5.32 Å². The highest BCUT2D eigenvalue weighted by Crippen LogP contribution is 2.21. The third-order valence-electron chi connectivity index (χ3n) is 4.54. The van der Waals surface area contributed by atoms with Gasteiger partial charge in [0.15, 0.2) is 0 Å². The number of sulfonamides is 1. The third kappa shape index (κ3) is 4.53. The Labute approximate surface area is 157 Å². The van der Waals surface area contributed by atoms with E-state index in [9.17, 15) is 13.2 Å². The second kappa shape index (κ2) is 8.98. The molecule has 1 amide bonds. The van der Waals surface area contributed by atoms with Crippen molar-refractivity contribution in [2.45, 2.75) is 38.6 Å². The van der Waals surface area contributed by atoms with Crippen LogP contribution in [0, 0.1) is 6.92 Å². The maximum Gasteiger partial charge on any atom is 0.254 e. The fourth-order valence-electron chi connectivity index (χ4n) is 3.00. The van der Waals surface area contributed by atoms with Gasteiger partial charge in [-0.05, 0) is 31.5 Å². The highest BCUT2D eigenvalue weighted by Gasteiger charge is 2.28. The molecule has 1 aromatic rings. The Kier molecular flexibility index (Phi) is 7.87. The number of halogens is 1. The molecule has 0 saturated carbocycles. The average Bonchev–Trinajstić information content (AvgIpc) is 2.55. The lowest BCUT2D eigenvalue weighted by atomic mass is 10.1. The van der Waals surface area contributed by atoms with Crippen LogP contribution in [-0.4, -0.2) is 62.3 Å². The summed E-state index contributed by atoms with van der Waals surface area (Å²) in [6.45, 7) is 10.4. The quantitative estimate of drug-likeness (QED) is 0.834. The summed E-state index contributed by atoms with van der Waals surface area (Å²) in [6.07, 6.45) is 0. The number of rotatable bonds is 5. The van der Waals surface area contributed by atoms with Crippen LogP contribution in [0.2, 0.25) is 0 Å². The maximum absolute atomic E-state index is 12.9. The zero-order valence-corrected chi connectivity index (χ0v) is 16.9. The molecule has 2 rings (SSSR count). The van der Waals surface area contributed by atoms with Gasteiger partial charge in [0.2, 0.25) is 10.0 Å². The molecule has 1 aromatic carbocycles. The Morgan fingerprint density at radius 2 is 1.96 bits per heavy atom. The van der Waals surface area contributed by atoms with Crippen molar-refractivity contribution in [3.05, 3.63) is 29.3 Å². The molecule has 1 aliphatic rings. The minimum Gasteiger partial charge on any atom is -0.333 e. The van der Waals surface area contributed by atoms with E-state index in [1.165, 1.54) is 10.4 Å². The number of carbonyl (C=O) groups excluding carboxylic acids is 1. The van der Waals surface area contributed by atoms with Gasteiger partial charge in [-0.15, -0.1) is 12.4 Å². The first-order valence-corrected chi connectivity index (χ1v) is 9.89. The normalized spacial score (nSPS) is 18.1. The van der Waals surface area contributed by atoms with Gasteiger partial charge in [0.05, 0.1) is 4.90 Å². The number of nitrogens with zero attached hydrogens (tertiary/aromatic N) is 2. The van der Waals surface area contributed by atoms with Gasteiger partial charge < -0.3 is 10.2 Å². The molecule has 6 nitrogen and oxygen atoms in total. The Balaban J connectivity index is 0.00000312. The Morgan fingerprint density at radius 3 is 2.52 bits per heavy atom. The topological polar surface area (TPSA) is 69.7 Å². The molecule has 1 saturated heterocycles. The summed E-state index contributed by atoms with van der Waals surface area (Å²) in [5, 5.41) is 3.25. The highest BCUT2D eigenvalue weighted by molar-refractivity contribution is 7.89. The summed E-state index contributed by atoms with van der Waals surface area (Å²) >= 11 is 0. The van der Waals surface area contributed by atoms with E-state index in [0.29, 0.717) is 25.2 Å². The smallest absolute Gasteiger partial charge is 0.254 e. The van der Waals surface area contributed by atoms with Crippen molar-refractivity contribution >= 4 is 28.3 Å². The average molecular weight is 390 g/mol. The summed E-state index contributed by atoms with van der Waals surface area (Å²) in [5.41, 5.74) is 1.27. The van der Waals surface area contributed by atoms with Crippen LogP contribution in [0.4, 0.5) is 0 Å². The van der Waals surface area contributed by atoms with Gasteiger partial charge in [-0.3, -0.25) is 4.79 Å². The summed E-state index contributed by atoms with van der Waals surface area (Å²) in [4.78, 5) is 14.9. The van der Waals surface area contributed by atoms with Crippen LogP contribution in [0.1, 0.15) is 36.7 Å². The first-order chi connectivity index (χ1) is 11.3. The third-order valence-corrected chi connectivity index (χ3v) is 6.59. The van der Waals surface area contributed by atoms with Gasteiger partial charge in [0.25, 0.3) is 5.91 Å². The van der Waals surface area contributed by atoms with Gasteiger partial charge in [-0.25, -0.2) is 8.42 Å². The first kappa shape index (κ1) is 21.9. The van der Waals surface area contributed by atoms with E-state index in [4.69, 9.17) is 0 Å². The Hall–Kier alpha value is -1.15. The van der Waals surface area contributed by atoms with Crippen LogP contribution in [0.3, 0.4) is 0 Å². The second-order valence-electron chi connectivity index (χ2n) is 6.12. The number of carbonyl (C=O) groups is 1. The molecule has 0 spiro atoms. The number of hydrogen-bond acceptors (Lipinski definition) is 4. The van der Waals surface area contributed by atoms with E-state index >= 15 is 0 Å². The number of amides is 1. The van der Waals surface area contributed by atoms with E-state index in [1.807, 2.05) is 32.6 Å². The van der Waals surface area contributed by atoms with E-state index in [0.717, 1.165) is 18.7 Å². The number of benzene rings is 1. The van der Waals surface area contributed by atoms with Gasteiger partial charge in [0, 0.05) is 44.3 Å². The summed E-state index contributed by atoms with van der Waals surface area (Å²) in [7, 11) is -3.57. The van der Waals surface area contributed by atoms with Crippen LogP contribution in [0.25, 0.3) is 0 Å². The van der Waals surface area contributed by atoms with E-state index in [2.05, 4.69) is 5.32 Å². The number of aryl methyl sites for hydroxylation is 1. The molecule has 0 aromatic heterocycles. The Morgan fingerprint density at radius 1 is 1.32 bits per heavy atom. The van der Waals surface area contributed by atoms with Crippen molar-refractivity contribution in [3.8, 4) is 0 Å². The van der Waals surface area contributed by atoms with Crippen molar-refractivity contribution < 1.29 is 13.2 Å². The molecular formula is C17H28ClN3O3S. The van der Waals surface area contributed by atoms with Gasteiger partial charge in [-0.1, -0.05) is 19.9 Å². The first-order valence-electron chi connectivity index (χ1n) is 8.45. The van der Waals surface area contributed by atoms with Crippen molar-refractivity contribution in [1.29, 1.82) is 0 Å². The molecule has 8 heteroatoms. The molecule has 142 valence electrons. The summed E-state index contributed by atoms with van der Waals surface area (Å²) in [6, 6.07) is 4.92. The minimum absolute atomic E-state index is 0. The van der Waals surface area contributed by atoms with E-state index in [-0.39, 0.29) is 29.3 Å². The number of piperazine rings is 1. The molecule has 1 heterocycles. The standard InChI is InChI=1S/C17H27N3O3S.ClH/c1-5-19(6-2)24(22,23)15-8-7-13(3)16(11-15)17(21)20-10-9-18-12-14(20)4;/h7-8,11,14,18H,5-6,9-10,12H2,1-4H3;1H. The zero-order chi connectivity index (χ0) is 17.9. The van der Waals surface area contributed by atoms with Gasteiger partial charge >= 0.3 is 0 Å². The molecule has 0 radical (unpaired) electrons. The minimum atomic E-state index is -3.57. The molecular weight excluding hydrogens is 362 g/mol. The lowest BCUT2D eigenvalue weighted by Crippen LogP contribution is -2.52. The molecule has 0 bridgehead atoms. The maximum atomic E-state index is 12.9. The lowest BCUT2D eigenvalue weighted by Gasteiger charge is -2.34. The Bertz CT molecular complexity index is 705. The van der Waals surface area contributed by atoms with Crippen molar-refractivity contribution in [2.75, 3.05) is 32.7 Å². The zero-order valence-electron chi connectivity index (χ0n) is 15.3. The molecule has 1 fully saturated rings.